The van der Waals surface area contributed by atoms with E-state index in [2.05, 4.69) is 25.5 Å². The number of halogens is 2. The van der Waals surface area contributed by atoms with Crippen molar-refractivity contribution in [1.82, 2.24) is 15.8 Å². The normalized spacial score (nSPS) is 11.5. The second-order valence-corrected chi connectivity index (χ2v) is 5.54. The Morgan fingerprint density at radius 3 is 2.78 bits per heavy atom. The highest BCUT2D eigenvalue weighted by atomic mass is 19.3. The molecule has 0 atom stereocenters. The van der Waals surface area contributed by atoms with Crippen molar-refractivity contribution in [3.05, 3.63) is 41.8 Å². The Balaban J connectivity index is 2.09. The minimum Gasteiger partial charge on any atom is -0.493 e. The zero-order valence-electron chi connectivity index (χ0n) is 15.4. The molecule has 0 aliphatic rings. The third-order valence-corrected chi connectivity index (χ3v) is 3.41. The van der Waals surface area contributed by atoms with E-state index in [4.69, 9.17) is 9.26 Å². The number of aromatic nitrogens is 1. The van der Waals surface area contributed by atoms with Crippen LogP contribution in [-0.2, 0) is 13.1 Å². The standard InChI is InChI=1S/C18H24F2N4O3/c1-3-8-25-15-6-5-13(16(10-15)27-17(19)20)11-22-18(21-4-2)23-12-14-7-9-26-24-14/h5-7,9-10,17H,3-4,8,11-12H2,1-2H3,(H2,21,22,23). The largest absolute Gasteiger partial charge is 0.493 e. The number of ether oxygens (including phenoxy) is 2. The smallest absolute Gasteiger partial charge is 0.387 e. The summed E-state index contributed by atoms with van der Waals surface area (Å²) in [5, 5.41) is 9.99. The molecule has 0 fully saturated rings. The maximum absolute atomic E-state index is 12.7. The van der Waals surface area contributed by atoms with Crippen LogP contribution in [0.2, 0.25) is 0 Å². The fourth-order valence-electron chi connectivity index (χ4n) is 2.19. The fraction of sp³-hybridized carbons (Fsp3) is 0.444. The summed E-state index contributed by atoms with van der Waals surface area (Å²) in [5.74, 6) is 1.06. The van der Waals surface area contributed by atoms with Crippen molar-refractivity contribution in [2.45, 2.75) is 40.0 Å². The molecule has 0 spiro atoms. The highest BCUT2D eigenvalue weighted by molar-refractivity contribution is 5.79. The molecule has 2 rings (SSSR count). The van der Waals surface area contributed by atoms with E-state index in [9.17, 15) is 8.78 Å². The molecule has 0 saturated carbocycles. The molecule has 1 aromatic carbocycles. The Morgan fingerprint density at radius 1 is 1.26 bits per heavy atom. The van der Waals surface area contributed by atoms with E-state index in [0.717, 1.165) is 12.1 Å². The van der Waals surface area contributed by atoms with Crippen LogP contribution in [0.1, 0.15) is 31.5 Å². The van der Waals surface area contributed by atoms with Gasteiger partial charge in [-0.05, 0) is 25.5 Å². The first-order chi connectivity index (χ1) is 13.1. The van der Waals surface area contributed by atoms with Crippen molar-refractivity contribution in [2.24, 2.45) is 4.99 Å². The van der Waals surface area contributed by atoms with E-state index < -0.39 is 6.61 Å². The summed E-state index contributed by atoms with van der Waals surface area (Å²) in [5.41, 5.74) is 1.25. The second-order valence-electron chi connectivity index (χ2n) is 5.54. The molecule has 1 heterocycles. The number of nitrogens with one attached hydrogen (secondary N) is 2. The van der Waals surface area contributed by atoms with Gasteiger partial charge in [0, 0.05) is 24.2 Å². The molecule has 0 aliphatic heterocycles. The van der Waals surface area contributed by atoms with Crippen LogP contribution in [0.25, 0.3) is 0 Å². The van der Waals surface area contributed by atoms with E-state index in [0.29, 0.717) is 37.0 Å². The molecule has 2 N–H and O–H groups in total. The summed E-state index contributed by atoms with van der Waals surface area (Å²) in [6.45, 7) is 2.70. The Morgan fingerprint density at radius 2 is 2.11 bits per heavy atom. The molecule has 7 nitrogen and oxygen atoms in total. The van der Waals surface area contributed by atoms with Gasteiger partial charge in [0.1, 0.15) is 23.5 Å². The third-order valence-electron chi connectivity index (χ3n) is 3.41. The van der Waals surface area contributed by atoms with Crippen molar-refractivity contribution in [3.8, 4) is 11.5 Å². The maximum atomic E-state index is 12.7. The summed E-state index contributed by atoms with van der Waals surface area (Å²) >= 11 is 0. The summed E-state index contributed by atoms with van der Waals surface area (Å²) in [7, 11) is 0. The SMILES string of the molecule is CCCOc1ccc(CN=C(NCC)NCc2ccon2)c(OC(F)F)c1. The van der Waals surface area contributed by atoms with Crippen LogP contribution < -0.4 is 20.1 Å². The highest BCUT2D eigenvalue weighted by Crippen LogP contribution is 2.27. The van der Waals surface area contributed by atoms with Gasteiger partial charge in [-0.15, -0.1) is 0 Å². The molecule has 27 heavy (non-hydrogen) atoms. The molecule has 0 unspecified atom stereocenters. The van der Waals surface area contributed by atoms with Crippen LogP contribution in [0.4, 0.5) is 8.78 Å². The molecular formula is C18H24F2N4O3. The average Bonchev–Trinajstić information content (AvgIpc) is 3.16. The van der Waals surface area contributed by atoms with E-state index >= 15 is 0 Å². The molecule has 148 valence electrons. The number of benzene rings is 1. The van der Waals surface area contributed by atoms with Crippen LogP contribution in [0, 0.1) is 0 Å². The first-order valence-corrected chi connectivity index (χ1v) is 8.74. The fourth-order valence-corrected chi connectivity index (χ4v) is 2.19. The number of nitrogens with zero attached hydrogens (tertiary/aromatic N) is 2. The molecule has 2 aromatic rings. The molecular weight excluding hydrogens is 358 g/mol. The predicted molar refractivity (Wildman–Crippen MR) is 97.0 cm³/mol. The van der Waals surface area contributed by atoms with Gasteiger partial charge in [0.25, 0.3) is 0 Å². The van der Waals surface area contributed by atoms with Gasteiger partial charge in [-0.2, -0.15) is 8.78 Å². The van der Waals surface area contributed by atoms with E-state index in [-0.39, 0.29) is 12.3 Å². The predicted octanol–water partition coefficient (Wildman–Crippen LogP) is 3.32. The topological polar surface area (TPSA) is 80.9 Å². The van der Waals surface area contributed by atoms with E-state index in [1.807, 2.05) is 13.8 Å². The van der Waals surface area contributed by atoms with Crippen molar-refractivity contribution in [1.29, 1.82) is 0 Å². The van der Waals surface area contributed by atoms with Gasteiger partial charge < -0.3 is 24.6 Å². The van der Waals surface area contributed by atoms with Crippen molar-refractivity contribution >= 4 is 5.96 Å². The van der Waals surface area contributed by atoms with E-state index in [1.165, 1.54) is 12.3 Å². The quantitative estimate of drug-likeness (QED) is 0.485. The van der Waals surface area contributed by atoms with Crippen molar-refractivity contribution in [2.75, 3.05) is 13.2 Å². The van der Waals surface area contributed by atoms with Crippen molar-refractivity contribution in [3.63, 3.8) is 0 Å². The second kappa shape index (κ2) is 11.0. The molecule has 1 aromatic heterocycles. The lowest BCUT2D eigenvalue weighted by Gasteiger charge is -2.13. The van der Waals surface area contributed by atoms with Crippen LogP contribution in [0.3, 0.4) is 0 Å². The lowest BCUT2D eigenvalue weighted by molar-refractivity contribution is -0.0505. The number of alkyl halides is 2. The molecule has 0 aliphatic carbocycles. The lowest BCUT2D eigenvalue weighted by Crippen LogP contribution is -2.36. The zero-order chi connectivity index (χ0) is 19.5. The first-order valence-electron chi connectivity index (χ1n) is 8.74. The van der Waals surface area contributed by atoms with Gasteiger partial charge in [0.05, 0.1) is 19.7 Å². The van der Waals surface area contributed by atoms with Gasteiger partial charge in [-0.3, -0.25) is 0 Å². The Bertz CT molecular complexity index is 709. The van der Waals surface area contributed by atoms with Crippen molar-refractivity contribution < 1.29 is 22.8 Å². The average molecular weight is 382 g/mol. The molecule has 9 heteroatoms. The molecule has 0 saturated heterocycles. The Kier molecular flexibility index (Phi) is 8.34. The van der Waals surface area contributed by atoms with Crippen LogP contribution >= 0.6 is 0 Å². The van der Waals surface area contributed by atoms with Gasteiger partial charge in [-0.25, -0.2) is 4.99 Å². The summed E-state index contributed by atoms with van der Waals surface area (Å²) in [4.78, 5) is 4.41. The van der Waals surface area contributed by atoms with Gasteiger partial charge in [0.15, 0.2) is 5.96 Å². The maximum Gasteiger partial charge on any atom is 0.387 e. The first kappa shape index (κ1) is 20.5. The number of rotatable bonds is 10. The van der Waals surface area contributed by atoms with Gasteiger partial charge in [-0.1, -0.05) is 12.1 Å². The summed E-state index contributed by atoms with van der Waals surface area (Å²) < 4.78 is 40.4. The van der Waals surface area contributed by atoms with Gasteiger partial charge in [0.2, 0.25) is 0 Å². The summed E-state index contributed by atoms with van der Waals surface area (Å²) in [6, 6.07) is 6.59. The minimum absolute atomic E-state index is 0.0507. The molecule has 0 bridgehead atoms. The molecule has 0 amide bonds. The minimum atomic E-state index is -2.92. The monoisotopic (exact) mass is 382 g/mol. The lowest BCUT2D eigenvalue weighted by atomic mass is 10.2. The highest BCUT2D eigenvalue weighted by Gasteiger charge is 2.12. The number of aliphatic imine (C=N–C) groups is 1. The number of hydrogen-bond acceptors (Lipinski definition) is 5. The van der Waals surface area contributed by atoms with E-state index in [1.54, 1.807) is 18.2 Å². The third kappa shape index (κ3) is 7.12. The van der Waals surface area contributed by atoms with Crippen LogP contribution in [-0.4, -0.2) is 30.9 Å². The Hall–Kier alpha value is -2.84. The number of hydrogen-bond donors (Lipinski definition) is 2. The zero-order valence-corrected chi connectivity index (χ0v) is 15.4. The molecule has 0 radical (unpaired) electrons. The Labute approximate surface area is 156 Å². The van der Waals surface area contributed by atoms with Crippen LogP contribution in [0.5, 0.6) is 11.5 Å². The van der Waals surface area contributed by atoms with Crippen LogP contribution in [0.15, 0.2) is 40.0 Å². The summed E-state index contributed by atoms with van der Waals surface area (Å²) in [6.07, 6.45) is 2.30. The van der Waals surface area contributed by atoms with Gasteiger partial charge >= 0.3 is 6.61 Å². The number of guanidine groups is 1.